The molecule has 0 aliphatic rings. The number of ketones is 1. The van der Waals surface area contributed by atoms with Crippen LogP contribution in [0.5, 0.6) is 5.75 Å². The standard InChI is InChI=1S/C18H21NO3S/c1-18(2,3)15(20)11-16-19(4)17(21)14(23-16)10-12-7-6-8-13(9-12)22-5/h6-11H,1-5H3. The number of carbonyl (C=O) groups is 1. The van der Waals surface area contributed by atoms with Crippen molar-refractivity contribution in [2.24, 2.45) is 12.5 Å². The van der Waals surface area contributed by atoms with Crippen molar-refractivity contribution in [3.63, 3.8) is 0 Å². The topological polar surface area (TPSA) is 48.3 Å². The van der Waals surface area contributed by atoms with Crippen molar-refractivity contribution < 1.29 is 9.53 Å². The highest BCUT2D eigenvalue weighted by molar-refractivity contribution is 7.07. The van der Waals surface area contributed by atoms with Crippen LogP contribution < -0.4 is 19.5 Å². The Bertz CT molecular complexity index is 898. The number of thiazole rings is 1. The van der Waals surface area contributed by atoms with Crippen molar-refractivity contribution >= 4 is 29.3 Å². The van der Waals surface area contributed by atoms with E-state index in [-0.39, 0.29) is 11.3 Å². The third-order valence-corrected chi connectivity index (χ3v) is 4.56. The number of hydrogen-bond donors (Lipinski definition) is 0. The smallest absolute Gasteiger partial charge is 0.268 e. The Labute approximate surface area is 139 Å². The van der Waals surface area contributed by atoms with Crippen LogP contribution >= 0.6 is 11.3 Å². The van der Waals surface area contributed by atoms with Crippen LogP contribution in [-0.4, -0.2) is 17.5 Å². The molecular formula is C18H21NO3S. The molecule has 0 saturated carbocycles. The van der Waals surface area contributed by atoms with Gasteiger partial charge in [-0.25, -0.2) is 0 Å². The van der Waals surface area contributed by atoms with E-state index in [0.29, 0.717) is 9.20 Å². The van der Waals surface area contributed by atoms with Gasteiger partial charge >= 0.3 is 0 Å². The van der Waals surface area contributed by atoms with Gasteiger partial charge in [0.25, 0.3) is 5.56 Å². The van der Waals surface area contributed by atoms with Crippen LogP contribution in [0.25, 0.3) is 12.2 Å². The number of ether oxygens (including phenoxy) is 1. The monoisotopic (exact) mass is 331 g/mol. The minimum absolute atomic E-state index is 0.00211. The van der Waals surface area contributed by atoms with Crippen molar-refractivity contribution in [2.75, 3.05) is 7.11 Å². The van der Waals surface area contributed by atoms with Gasteiger partial charge in [0.2, 0.25) is 0 Å². The highest BCUT2D eigenvalue weighted by Crippen LogP contribution is 2.15. The first-order valence-electron chi connectivity index (χ1n) is 7.30. The molecule has 5 heteroatoms. The average Bonchev–Trinajstić information content (AvgIpc) is 2.75. The number of hydrogen-bond acceptors (Lipinski definition) is 4. The molecule has 122 valence electrons. The van der Waals surface area contributed by atoms with Crippen molar-refractivity contribution in [3.05, 3.63) is 49.4 Å². The molecule has 0 unspecified atom stereocenters. The van der Waals surface area contributed by atoms with Gasteiger partial charge in [-0.2, -0.15) is 0 Å². The molecule has 1 aromatic carbocycles. The van der Waals surface area contributed by atoms with Crippen molar-refractivity contribution in [2.45, 2.75) is 20.8 Å². The molecule has 0 fully saturated rings. The Morgan fingerprint density at radius 3 is 2.61 bits per heavy atom. The van der Waals surface area contributed by atoms with Crippen molar-refractivity contribution in [3.8, 4) is 5.75 Å². The number of rotatable bonds is 3. The normalized spacial score (nSPS) is 13.4. The molecule has 1 aromatic heterocycles. The second kappa shape index (κ2) is 6.54. The van der Waals surface area contributed by atoms with E-state index >= 15 is 0 Å². The maximum absolute atomic E-state index is 12.4. The summed E-state index contributed by atoms with van der Waals surface area (Å²) in [6.07, 6.45) is 3.36. The van der Waals surface area contributed by atoms with Crippen molar-refractivity contribution in [1.29, 1.82) is 0 Å². The van der Waals surface area contributed by atoms with E-state index in [9.17, 15) is 9.59 Å². The number of methoxy groups -OCH3 is 1. The van der Waals surface area contributed by atoms with Gasteiger partial charge in [-0.05, 0) is 23.8 Å². The van der Waals surface area contributed by atoms with Crippen LogP contribution in [0.3, 0.4) is 0 Å². The third-order valence-electron chi connectivity index (χ3n) is 3.45. The van der Waals surface area contributed by atoms with E-state index in [2.05, 4.69) is 0 Å². The second-order valence-corrected chi connectivity index (χ2v) is 7.41. The molecule has 2 rings (SSSR count). The largest absolute Gasteiger partial charge is 0.497 e. The molecule has 0 saturated heterocycles. The van der Waals surface area contributed by atoms with Gasteiger partial charge in [0.05, 0.1) is 11.6 Å². The zero-order valence-corrected chi connectivity index (χ0v) is 14.9. The van der Waals surface area contributed by atoms with Crippen LogP contribution in [-0.2, 0) is 11.8 Å². The summed E-state index contributed by atoms with van der Waals surface area (Å²) in [6.45, 7) is 5.59. The van der Waals surface area contributed by atoms with Gasteiger partial charge < -0.3 is 9.30 Å². The molecule has 4 nitrogen and oxygen atoms in total. The fraction of sp³-hybridized carbons (Fsp3) is 0.333. The molecule has 1 heterocycles. The van der Waals surface area contributed by atoms with Gasteiger partial charge in [-0.3, -0.25) is 9.59 Å². The first kappa shape index (κ1) is 17.2. The zero-order valence-electron chi connectivity index (χ0n) is 14.0. The minimum Gasteiger partial charge on any atom is -0.497 e. The quantitative estimate of drug-likeness (QED) is 0.860. The summed E-state index contributed by atoms with van der Waals surface area (Å²) in [5.41, 5.74) is 0.319. The van der Waals surface area contributed by atoms with E-state index in [1.165, 1.54) is 15.9 Å². The summed E-state index contributed by atoms with van der Waals surface area (Å²) in [5, 5.41) is 0. The molecule has 0 atom stereocenters. The SMILES string of the molecule is COc1cccc(C=c2sc(=CC(=O)C(C)(C)C)n(C)c2=O)c1. The lowest BCUT2D eigenvalue weighted by atomic mass is 9.91. The Kier molecular flexibility index (Phi) is 4.90. The van der Waals surface area contributed by atoms with Gasteiger partial charge in [-0.15, -0.1) is 11.3 Å². The molecule has 23 heavy (non-hydrogen) atoms. The number of aromatic nitrogens is 1. The van der Waals surface area contributed by atoms with Crippen LogP contribution in [0, 0.1) is 5.41 Å². The van der Waals surface area contributed by atoms with Gasteiger partial charge in [-0.1, -0.05) is 32.9 Å². The highest BCUT2D eigenvalue weighted by Gasteiger charge is 2.19. The zero-order chi connectivity index (χ0) is 17.2. The Hall–Kier alpha value is -2.14. The molecule has 0 amide bonds. The Morgan fingerprint density at radius 1 is 1.30 bits per heavy atom. The number of nitrogens with zero attached hydrogens (tertiary/aromatic N) is 1. The molecule has 0 N–H and O–H groups in total. The van der Waals surface area contributed by atoms with Crippen LogP contribution in [0.4, 0.5) is 0 Å². The summed E-state index contributed by atoms with van der Waals surface area (Å²) in [5.74, 6) is 0.740. The fourth-order valence-electron chi connectivity index (χ4n) is 1.92. The average molecular weight is 331 g/mol. The first-order valence-corrected chi connectivity index (χ1v) is 8.12. The van der Waals surface area contributed by atoms with Crippen LogP contribution in [0.1, 0.15) is 26.3 Å². The maximum Gasteiger partial charge on any atom is 0.268 e. The molecule has 0 bridgehead atoms. The summed E-state index contributed by atoms with van der Waals surface area (Å²) >= 11 is 1.32. The van der Waals surface area contributed by atoms with Gasteiger partial charge in [0.1, 0.15) is 10.4 Å². The lowest BCUT2D eigenvalue weighted by Gasteiger charge is -2.12. The Morgan fingerprint density at radius 2 is 2.00 bits per heavy atom. The predicted octanol–water partition coefficient (Wildman–Crippen LogP) is 1.68. The summed E-state index contributed by atoms with van der Waals surface area (Å²) in [7, 11) is 3.29. The number of benzene rings is 1. The van der Waals surface area contributed by atoms with Crippen LogP contribution in [0.2, 0.25) is 0 Å². The van der Waals surface area contributed by atoms with E-state index in [4.69, 9.17) is 4.74 Å². The molecule has 0 aliphatic carbocycles. The molecule has 0 spiro atoms. The maximum atomic E-state index is 12.4. The second-order valence-electron chi connectivity index (χ2n) is 6.35. The van der Waals surface area contributed by atoms with Crippen LogP contribution in [0.15, 0.2) is 29.1 Å². The Balaban J connectivity index is 2.56. The molecule has 2 aromatic rings. The predicted molar refractivity (Wildman–Crippen MR) is 94.3 cm³/mol. The van der Waals surface area contributed by atoms with E-state index in [1.54, 1.807) is 20.2 Å². The number of carbonyl (C=O) groups excluding carboxylic acids is 1. The molecule has 0 radical (unpaired) electrons. The lowest BCUT2D eigenvalue weighted by Crippen LogP contribution is -2.30. The third kappa shape index (κ3) is 3.99. The lowest BCUT2D eigenvalue weighted by molar-refractivity contribution is -0.120. The fourth-order valence-corrected chi connectivity index (χ4v) is 2.95. The van der Waals surface area contributed by atoms with E-state index in [1.807, 2.05) is 51.1 Å². The highest BCUT2D eigenvalue weighted by atomic mass is 32.1. The summed E-state index contributed by atoms with van der Waals surface area (Å²) in [6, 6.07) is 7.50. The van der Waals surface area contributed by atoms with E-state index in [0.717, 1.165) is 11.3 Å². The van der Waals surface area contributed by atoms with Gasteiger partial charge in [0.15, 0.2) is 5.78 Å². The summed E-state index contributed by atoms with van der Waals surface area (Å²) in [4.78, 5) is 24.5. The molecule has 0 aliphatic heterocycles. The van der Waals surface area contributed by atoms with E-state index < -0.39 is 5.41 Å². The molecular weight excluding hydrogens is 310 g/mol. The number of Topliss-reactive ketones (excluding diaryl/α,β-unsaturated/α-hetero) is 1. The minimum atomic E-state index is -0.462. The first-order chi connectivity index (χ1) is 10.7. The summed E-state index contributed by atoms with van der Waals surface area (Å²) < 4.78 is 7.95. The van der Waals surface area contributed by atoms with Crippen molar-refractivity contribution in [1.82, 2.24) is 4.57 Å². The van der Waals surface area contributed by atoms with Gasteiger partial charge in [0, 0.05) is 18.5 Å².